The average molecular weight is 195 g/mol. The van der Waals surface area contributed by atoms with E-state index in [1.807, 2.05) is 13.8 Å². The van der Waals surface area contributed by atoms with Gasteiger partial charge < -0.3 is 4.90 Å². The highest BCUT2D eigenvalue weighted by molar-refractivity contribution is 4.98. The van der Waals surface area contributed by atoms with Gasteiger partial charge in [-0.25, -0.2) is 0 Å². The SMILES string of the molecule is CC.CCC#CCCN1CCCCC1. The van der Waals surface area contributed by atoms with Crippen LogP contribution in [-0.4, -0.2) is 24.5 Å². The van der Waals surface area contributed by atoms with E-state index in [1.165, 1.54) is 38.9 Å². The molecule has 0 bridgehead atoms. The summed E-state index contributed by atoms with van der Waals surface area (Å²) in [6.07, 6.45) is 6.27. The molecule has 1 aliphatic rings. The molecule has 14 heavy (non-hydrogen) atoms. The summed E-state index contributed by atoms with van der Waals surface area (Å²) in [7, 11) is 0. The van der Waals surface area contributed by atoms with E-state index in [-0.39, 0.29) is 0 Å². The van der Waals surface area contributed by atoms with Crippen molar-refractivity contribution >= 4 is 0 Å². The van der Waals surface area contributed by atoms with E-state index in [1.54, 1.807) is 0 Å². The highest BCUT2D eigenvalue weighted by Crippen LogP contribution is 2.08. The van der Waals surface area contributed by atoms with Crippen molar-refractivity contribution in [3.05, 3.63) is 0 Å². The Morgan fingerprint density at radius 1 is 1.00 bits per heavy atom. The molecule has 0 radical (unpaired) electrons. The van der Waals surface area contributed by atoms with Crippen molar-refractivity contribution in [3.8, 4) is 11.8 Å². The van der Waals surface area contributed by atoms with E-state index >= 15 is 0 Å². The molecule has 1 nitrogen and oxygen atoms in total. The van der Waals surface area contributed by atoms with Crippen molar-refractivity contribution in [1.29, 1.82) is 0 Å². The van der Waals surface area contributed by atoms with E-state index in [2.05, 4.69) is 23.7 Å². The molecule has 1 heteroatoms. The van der Waals surface area contributed by atoms with Crippen LogP contribution in [0.25, 0.3) is 0 Å². The van der Waals surface area contributed by atoms with Crippen LogP contribution in [0.2, 0.25) is 0 Å². The van der Waals surface area contributed by atoms with Gasteiger partial charge in [-0.2, -0.15) is 0 Å². The normalized spacial score (nSPS) is 16.2. The topological polar surface area (TPSA) is 3.24 Å². The molecule has 0 unspecified atom stereocenters. The fourth-order valence-corrected chi connectivity index (χ4v) is 1.61. The summed E-state index contributed by atoms with van der Waals surface area (Å²) in [5, 5.41) is 0. The van der Waals surface area contributed by atoms with Gasteiger partial charge in [0.15, 0.2) is 0 Å². The molecule has 0 aromatic rings. The molecule has 0 aliphatic carbocycles. The lowest BCUT2D eigenvalue weighted by atomic mass is 10.1. The number of nitrogens with zero attached hydrogens (tertiary/aromatic N) is 1. The summed E-state index contributed by atoms with van der Waals surface area (Å²) in [4.78, 5) is 2.54. The summed E-state index contributed by atoms with van der Waals surface area (Å²) in [6.45, 7) is 9.89. The summed E-state index contributed by atoms with van der Waals surface area (Å²) >= 11 is 0. The molecule has 0 N–H and O–H groups in total. The van der Waals surface area contributed by atoms with Gasteiger partial charge in [0, 0.05) is 19.4 Å². The Hall–Kier alpha value is -0.480. The van der Waals surface area contributed by atoms with Crippen molar-refractivity contribution in [1.82, 2.24) is 4.90 Å². The third kappa shape index (κ3) is 6.97. The van der Waals surface area contributed by atoms with Crippen LogP contribution >= 0.6 is 0 Å². The van der Waals surface area contributed by atoms with Crippen LogP contribution in [0.4, 0.5) is 0 Å². The van der Waals surface area contributed by atoms with Crippen molar-refractivity contribution < 1.29 is 0 Å². The van der Waals surface area contributed by atoms with Crippen LogP contribution in [-0.2, 0) is 0 Å². The zero-order valence-corrected chi connectivity index (χ0v) is 10.1. The van der Waals surface area contributed by atoms with Gasteiger partial charge in [0.05, 0.1) is 0 Å². The first-order chi connectivity index (χ1) is 6.93. The van der Waals surface area contributed by atoms with E-state index in [0.717, 1.165) is 12.8 Å². The Morgan fingerprint density at radius 3 is 2.21 bits per heavy atom. The maximum Gasteiger partial charge on any atom is 0.0217 e. The fraction of sp³-hybridized carbons (Fsp3) is 0.846. The van der Waals surface area contributed by atoms with Crippen molar-refractivity contribution in [2.75, 3.05) is 19.6 Å². The maximum absolute atomic E-state index is 3.19. The predicted molar refractivity (Wildman–Crippen MR) is 64.3 cm³/mol. The van der Waals surface area contributed by atoms with Crippen molar-refractivity contribution in [2.24, 2.45) is 0 Å². The second-order valence-corrected chi connectivity index (χ2v) is 3.36. The first-order valence-electron chi connectivity index (χ1n) is 6.11. The third-order valence-electron chi connectivity index (χ3n) is 2.30. The van der Waals surface area contributed by atoms with Crippen molar-refractivity contribution in [2.45, 2.75) is 52.9 Å². The Kier molecular flexibility index (Phi) is 10.2. The minimum atomic E-state index is 1.00. The van der Waals surface area contributed by atoms with E-state index < -0.39 is 0 Å². The van der Waals surface area contributed by atoms with E-state index in [9.17, 15) is 0 Å². The monoisotopic (exact) mass is 195 g/mol. The standard InChI is InChI=1S/C11H19N.C2H6/c1-2-3-4-6-9-12-10-7-5-8-11-12;1-2/h2,5-11H2,1H3;1-2H3. The first kappa shape index (κ1) is 13.5. The van der Waals surface area contributed by atoms with Gasteiger partial charge >= 0.3 is 0 Å². The molecule has 0 aromatic carbocycles. The van der Waals surface area contributed by atoms with Crippen LogP contribution in [0.1, 0.15) is 52.9 Å². The molecule has 1 rings (SSSR count). The molecule has 82 valence electrons. The number of likely N-dealkylation sites (tertiary alicyclic amines) is 1. The average Bonchev–Trinajstić information content (AvgIpc) is 2.29. The lowest BCUT2D eigenvalue weighted by molar-refractivity contribution is 0.234. The second-order valence-electron chi connectivity index (χ2n) is 3.36. The van der Waals surface area contributed by atoms with Crippen LogP contribution in [0, 0.1) is 11.8 Å². The highest BCUT2D eigenvalue weighted by Gasteiger charge is 2.07. The summed E-state index contributed by atoms with van der Waals surface area (Å²) in [6, 6.07) is 0. The molecule has 0 spiro atoms. The van der Waals surface area contributed by atoms with Gasteiger partial charge in [0.1, 0.15) is 0 Å². The highest BCUT2D eigenvalue weighted by atomic mass is 15.1. The van der Waals surface area contributed by atoms with Gasteiger partial charge in [0.2, 0.25) is 0 Å². The second kappa shape index (κ2) is 10.6. The van der Waals surface area contributed by atoms with Gasteiger partial charge in [-0.1, -0.05) is 27.2 Å². The molecule has 0 aromatic heterocycles. The molecule has 1 fully saturated rings. The fourth-order valence-electron chi connectivity index (χ4n) is 1.61. The Labute approximate surface area is 89.9 Å². The van der Waals surface area contributed by atoms with Gasteiger partial charge in [0.25, 0.3) is 0 Å². The molecule has 1 saturated heterocycles. The Bertz CT molecular complexity index is 158. The summed E-state index contributed by atoms with van der Waals surface area (Å²) in [5.74, 6) is 6.30. The van der Waals surface area contributed by atoms with Crippen LogP contribution in [0.3, 0.4) is 0 Å². The molecule has 0 amide bonds. The number of rotatable bonds is 2. The van der Waals surface area contributed by atoms with E-state index in [4.69, 9.17) is 0 Å². The quantitative estimate of drug-likeness (QED) is 0.611. The zero-order chi connectivity index (χ0) is 10.6. The lowest BCUT2D eigenvalue weighted by Crippen LogP contribution is -2.30. The molecular formula is C13H25N. The zero-order valence-electron chi connectivity index (χ0n) is 10.1. The number of piperidine rings is 1. The smallest absolute Gasteiger partial charge is 0.0217 e. The molecule has 1 heterocycles. The van der Waals surface area contributed by atoms with Gasteiger partial charge in [-0.05, 0) is 25.9 Å². The van der Waals surface area contributed by atoms with Crippen LogP contribution in [0.15, 0.2) is 0 Å². The lowest BCUT2D eigenvalue weighted by Gasteiger charge is -2.25. The summed E-state index contributed by atoms with van der Waals surface area (Å²) < 4.78 is 0. The molecule has 0 atom stereocenters. The minimum absolute atomic E-state index is 1.00. The van der Waals surface area contributed by atoms with Crippen LogP contribution < -0.4 is 0 Å². The number of hydrogen-bond acceptors (Lipinski definition) is 1. The minimum Gasteiger partial charge on any atom is -0.302 e. The predicted octanol–water partition coefficient (Wildman–Crippen LogP) is 3.30. The Morgan fingerprint density at radius 2 is 1.64 bits per heavy atom. The van der Waals surface area contributed by atoms with E-state index in [0.29, 0.717) is 0 Å². The van der Waals surface area contributed by atoms with Crippen molar-refractivity contribution in [3.63, 3.8) is 0 Å². The maximum atomic E-state index is 3.19. The van der Waals surface area contributed by atoms with Gasteiger partial charge in [-0.15, -0.1) is 11.8 Å². The molecule has 1 aliphatic heterocycles. The Balaban J connectivity index is 0.000000791. The van der Waals surface area contributed by atoms with Crippen LogP contribution in [0.5, 0.6) is 0 Å². The first-order valence-corrected chi connectivity index (χ1v) is 6.11. The molecular weight excluding hydrogens is 170 g/mol. The molecule has 0 saturated carbocycles. The summed E-state index contributed by atoms with van der Waals surface area (Å²) in [5.41, 5.74) is 0. The van der Waals surface area contributed by atoms with Gasteiger partial charge in [-0.3, -0.25) is 0 Å². The number of hydrogen-bond donors (Lipinski definition) is 0. The largest absolute Gasteiger partial charge is 0.302 e. The third-order valence-corrected chi connectivity index (χ3v) is 2.30.